The second-order valence-electron chi connectivity index (χ2n) is 5.64. The van der Waals surface area contributed by atoms with Crippen LogP contribution in [0.4, 0.5) is 0 Å². The number of hydrogen-bond donors (Lipinski definition) is 1. The molecule has 0 aromatic carbocycles. The number of nitrogens with zero attached hydrogens (tertiary/aromatic N) is 3. The summed E-state index contributed by atoms with van der Waals surface area (Å²) < 4.78 is 7.77. The third kappa shape index (κ3) is 3.13. The molecule has 3 rings (SSSR count). The summed E-state index contributed by atoms with van der Waals surface area (Å²) in [7, 11) is 2.04. The van der Waals surface area contributed by atoms with E-state index in [1.807, 2.05) is 26.2 Å². The van der Waals surface area contributed by atoms with E-state index in [0.29, 0.717) is 19.8 Å². The minimum absolute atomic E-state index is 0.0782. The van der Waals surface area contributed by atoms with Gasteiger partial charge in [0.15, 0.2) is 0 Å². The highest BCUT2D eigenvalue weighted by molar-refractivity contribution is 5.13. The van der Waals surface area contributed by atoms with Gasteiger partial charge in [-0.05, 0) is 18.6 Å². The maximum Gasteiger partial charge on any atom is 0.251 e. The first-order chi connectivity index (χ1) is 10.7. The molecule has 1 atom stereocenters. The first-order valence-electron chi connectivity index (χ1n) is 7.69. The number of rotatable bonds is 4. The molecule has 0 bridgehead atoms. The molecule has 6 heteroatoms. The van der Waals surface area contributed by atoms with Crippen LogP contribution in [0.15, 0.2) is 29.2 Å². The molecule has 1 aliphatic rings. The van der Waals surface area contributed by atoms with Crippen LogP contribution in [0.25, 0.3) is 0 Å². The smallest absolute Gasteiger partial charge is 0.251 e. The minimum atomic E-state index is -0.0782. The zero-order valence-corrected chi connectivity index (χ0v) is 13.1. The largest absolute Gasteiger partial charge is 0.378 e. The Balaban J connectivity index is 1.84. The molecule has 2 aromatic rings. The van der Waals surface area contributed by atoms with Crippen LogP contribution >= 0.6 is 0 Å². The van der Waals surface area contributed by atoms with Gasteiger partial charge in [-0.3, -0.25) is 9.69 Å². The van der Waals surface area contributed by atoms with Crippen molar-refractivity contribution in [1.82, 2.24) is 19.4 Å². The van der Waals surface area contributed by atoms with Crippen LogP contribution < -0.4 is 5.56 Å². The lowest BCUT2D eigenvalue weighted by Crippen LogP contribution is -2.40. The number of aromatic amines is 1. The van der Waals surface area contributed by atoms with Crippen LogP contribution in [0.5, 0.6) is 0 Å². The normalized spacial score (nSPS) is 19.5. The number of hydrogen-bond acceptors (Lipinski definition) is 4. The highest BCUT2D eigenvalue weighted by Gasteiger charge is 2.26. The van der Waals surface area contributed by atoms with Gasteiger partial charge in [0.1, 0.15) is 5.82 Å². The fourth-order valence-electron chi connectivity index (χ4n) is 2.93. The lowest BCUT2D eigenvalue weighted by Gasteiger charge is -2.35. The Bertz CT molecular complexity index is 691. The number of aryl methyl sites for hydroxylation is 2. The molecular formula is C16H22N4O2. The van der Waals surface area contributed by atoms with E-state index < -0.39 is 0 Å². The summed E-state index contributed by atoms with van der Waals surface area (Å²) in [5.74, 6) is 0.727. The molecule has 1 N–H and O–H groups in total. The Labute approximate surface area is 129 Å². The molecule has 2 aromatic heterocycles. The van der Waals surface area contributed by atoms with Gasteiger partial charge in [0.2, 0.25) is 0 Å². The SMILES string of the molecule is CCc1cc(=O)[nH]c(CN2CCOC[C@@H]2c2cccn2C)n1. The Morgan fingerprint density at radius 3 is 3.09 bits per heavy atom. The maximum absolute atomic E-state index is 11.7. The fourth-order valence-corrected chi connectivity index (χ4v) is 2.93. The number of morpholine rings is 1. The second-order valence-corrected chi connectivity index (χ2v) is 5.64. The van der Waals surface area contributed by atoms with Crippen molar-refractivity contribution in [2.24, 2.45) is 7.05 Å². The molecule has 0 radical (unpaired) electrons. The van der Waals surface area contributed by atoms with E-state index in [1.54, 1.807) is 6.07 Å². The van der Waals surface area contributed by atoms with Crippen LogP contribution in [-0.2, 0) is 24.8 Å². The summed E-state index contributed by atoms with van der Waals surface area (Å²) in [6, 6.07) is 5.91. The fraction of sp³-hybridized carbons (Fsp3) is 0.500. The molecule has 6 nitrogen and oxygen atoms in total. The van der Waals surface area contributed by atoms with Gasteiger partial charge in [0, 0.05) is 37.2 Å². The van der Waals surface area contributed by atoms with Crippen LogP contribution in [0.3, 0.4) is 0 Å². The van der Waals surface area contributed by atoms with Crippen LogP contribution in [0.2, 0.25) is 0 Å². The van der Waals surface area contributed by atoms with Crippen molar-refractivity contribution in [3.63, 3.8) is 0 Å². The summed E-state index contributed by atoms with van der Waals surface area (Å²) in [5.41, 5.74) is 1.97. The number of ether oxygens (including phenoxy) is 1. The summed E-state index contributed by atoms with van der Waals surface area (Å²) in [4.78, 5) is 21.4. The molecule has 22 heavy (non-hydrogen) atoms. The second kappa shape index (κ2) is 6.46. The lowest BCUT2D eigenvalue weighted by molar-refractivity contribution is -0.0163. The molecule has 3 heterocycles. The van der Waals surface area contributed by atoms with Crippen molar-refractivity contribution in [3.8, 4) is 0 Å². The standard InChI is InChI=1S/C16H22N4O2/c1-3-12-9-16(21)18-15(17-12)10-20-7-8-22-11-14(20)13-5-4-6-19(13)2/h4-6,9,14H,3,7-8,10-11H2,1-2H3,(H,17,18,21)/t14-/m1/s1. The van der Waals surface area contributed by atoms with Crippen molar-refractivity contribution < 1.29 is 4.74 Å². The van der Waals surface area contributed by atoms with Crippen LogP contribution in [-0.4, -0.2) is 39.2 Å². The topological polar surface area (TPSA) is 63.1 Å². The van der Waals surface area contributed by atoms with E-state index in [4.69, 9.17) is 4.74 Å². The average Bonchev–Trinajstić information content (AvgIpc) is 2.93. The molecular weight excluding hydrogens is 280 g/mol. The predicted octanol–water partition coefficient (Wildman–Crippen LogP) is 1.24. The van der Waals surface area contributed by atoms with Gasteiger partial charge >= 0.3 is 0 Å². The monoisotopic (exact) mass is 302 g/mol. The van der Waals surface area contributed by atoms with Crippen LogP contribution in [0, 0.1) is 0 Å². The predicted molar refractivity (Wildman–Crippen MR) is 83.6 cm³/mol. The summed E-state index contributed by atoms with van der Waals surface area (Å²) in [6.07, 6.45) is 2.81. The molecule has 1 fully saturated rings. The highest BCUT2D eigenvalue weighted by Crippen LogP contribution is 2.25. The van der Waals surface area contributed by atoms with Crippen LogP contribution in [0.1, 0.15) is 30.2 Å². The van der Waals surface area contributed by atoms with E-state index in [0.717, 1.165) is 24.5 Å². The molecule has 0 aliphatic carbocycles. The molecule has 0 saturated carbocycles. The summed E-state index contributed by atoms with van der Waals surface area (Å²) in [5, 5.41) is 0. The quantitative estimate of drug-likeness (QED) is 0.923. The molecule has 0 spiro atoms. The van der Waals surface area contributed by atoms with Crippen molar-refractivity contribution in [1.29, 1.82) is 0 Å². The Hall–Kier alpha value is -1.92. The first-order valence-corrected chi connectivity index (χ1v) is 7.69. The zero-order chi connectivity index (χ0) is 15.5. The molecule has 1 aliphatic heterocycles. The summed E-state index contributed by atoms with van der Waals surface area (Å²) >= 11 is 0. The number of H-pyrrole nitrogens is 1. The minimum Gasteiger partial charge on any atom is -0.378 e. The van der Waals surface area contributed by atoms with Crippen molar-refractivity contribution in [2.75, 3.05) is 19.8 Å². The maximum atomic E-state index is 11.7. The Kier molecular flexibility index (Phi) is 4.40. The Morgan fingerprint density at radius 1 is 1.50 bits per heavy atom. The van der Waals surface area contributed by atoms with Gasteiger partial charge < -0.3 is 14.3 Å². The van der Waals surface area contributed by atoms with Gasteiger partial charge in [-0.2, -0.15) is 0 Å². The molecule has 1 saturated heterocycles. The van der Waals surface area contributed by atoms with Crippen molar-refractivity contribution in [2.45, 2.75) is 25.9 Å². The van der Waals surface area contributed by atoms with E-state index in [1.165, 1.54) is 5.69 Å². The molecule has 118 valence electrons. The highest BCUT2D eigenvalue weighted by atomic mass is 16.5. The first kappa shape index (κ1) is 15.0. The summed E-state index contributed by atoms with van der Waals surface area (Å²) in [6.45, 7) is 4.83. The third-order valence-corrected chi connectivity index (χ3v) is 4.12. The Morgan fingerprint density at radius 2 is 2.36 bits per heavy atom. The van der Waals surface area contributed by atoms with E-state index >= 15 is 0 Å². The van der Waals surface area contributed by atoms with Gasteiger partial charge in [0.25, 0.3) is 5.56 Å². The van der Waals surface area contributed by atoms with Crippen molar-refractivity contribution in [3.05, 3.63) is 52.0 Å². The van der Waals surface area contributed by atoms with E-state index in [2.05, 4.69) is 25.5 Å². The molecule has 0 amide bonds. The zero-order valence-electron chi connectivity index (χ0n) is 13.1. The number of aromatic nitrogens is 3. The third-order valence-electron chi connectivity index (χ3n) is 4.12. The average molecular weight is 302 g/mol. The van der Waals surface area contributed by atoms with Gasteiger partial charge in [-0.15, -0.1) is 0 Å². The van der Waals surface area contributed by atoms with Crippen molar-refractivity contribution >= 4 is 0 Å². The lowest BCUT2D eigenvalue weighted by atomic mass is 10.1. The van der Waals surface area contributed by atoms with Gasteiger partial charge in [-0.25, -0.2) is 4.98 Å². The van der Waals surface area contributed by atoms with E-state index in [9.17, 15) is 4.79 Å². The number of nitrogens with one attached hydrogen (secondary N) is 1. The molecule has 0 unspecified atom stereocenters. The van der Waals surface area contributed by atoms with Gasteiger partial charge in [-0.1, -0.05) is 6.92 Å². The van der Waals surface area contributed by atoms with Gasteiger partial charge in [0.05, 0.1) is 25.8 Å². The van der Waals surface area contributed by atoms with E-state index in [-0.39, 0.29) is 11.6 Å².